The molecule has 2 aromatic carbocycles. The summed E-state index contributed by atoms with van der Waals surface area (Å²) in [4.78, 5) is 12.5. The van der Waals surface area contributed by atoms with Crippen molar-refractivity contribution in [2.75, 3.05) is 5.32 Å². The van der Waals surface area contributed by atoms with E-state index in [2.05, 4.69) is 10.4 Å². The van der Waals surface area contributed by atoms with Crippen LogP contribution in [0.2, 0.25) is 0 Å². The molecule has 0 fully saturated rings. The number of hydrogen-bond donors (Lipinski definition) is 1. The van der Waals surface area contributed by atoms with Crippen LogP contribution in [0, 0.1) is 0 Å². The van der Waals surface area contributed by atoms with Gasteiger partial charge in [-0.3, -0.25) is 4.79 Å². The van der Waals surface area contributed by atoms with Gasteiger partial charge in [-0.05, 0) is 24.1 Å². The fourth-order valence-electron chi connectivity index (χ4n) is 3.14. The maximum Gasteiger partial charge on any atom is 0.418 e. The van der Waals surface area contributed by atoms with Crippen molar-refractivity contribution < 1.29 is 18.0 Å². The first-order chi connectivity index (χ1) is 13.4. The summed E-state index contributed by atoms with van der Waals surface area (Å²) in [6.07, 6.45) is -1.69. The molecule has 0 unspecified atom stereocenters. The maximum atomic E-state index is 13.4. The van der Waals surface area contributed by atoms with Gasteiger partial charge in [-0.15, -0.1) is 0 Å². The van der Waals surface area contributed by atoms with Crippen molar-refractivity contribution in [3.63, 3.8) is 0 Å². The largest absolute Gasteiger partial charge is 0.418 e. The van der Waals surface area contributed by atoms with Crippen LogP contribution in [-0.2, 0) is 23.9 Å². The van der Waals surface area contributed by atoms with Crippen LogP contribution in [-0.4, -0.2) is 15.7 Å². The molecule has 0 aliphatic heterocycles. The van der Waals surface area contributed by atoms with Gasteiger partial charge in [0.2, 0.25) is 5.91 Å². The number of nitrogens with one attached hydrogen (secondary N) is 1. The number of carbonyl (C=O) groups is 1. The van der Waals surface area contributed by atoms with Gasteiger partial charge in [-0.25, -0.2) is 4.68 Å². The first-order valence-electron chi connectivity index (χ1n) is 9.30. The molecule has 0 radical (unpaired) electrons. The fraction of sp³-hybridized carbons (Fsp3) is 0.333. The minimum Gasteiger partial charge on any atom is -0.310 e. The van der Waals surface area contributed by atoms with E-state index in [1.54, 1.807) is 6.07 Å². The summed E-state index contributed by atoms with van der Waals surface area (Å²) >= 11 is 0. The lowest BCUT2D eigenvalue weighted by Crippen LogP contribution is -2.18. The number of unbranched alkanes of at least 4 members (excludes halogenated alkanes) is 2. The molecule has 0 spiro atoms. The molecule has 0 saturated carbocycles. The first kappa shape index (κ1) is 19.9. The number of nitrogens with zero attached hydrogens (tertiary/aromatic N) is 2. The molecule has 1 amide bonds. The Morgan fingerprint density at radius 2 is 1.82 bits per heavy atom. The molecule has 0 bridgehead atoms. The Balaban J connectivity index is 1.95. The molecular weight excluding hydrogens is 367 g/mol. The van der Waals surface area contributed by atoms with Crippen molar-refractivity contribution >= 4 is 22.6 Å². The number of anilines is 1. The van der Waals surface area contributed by atoms with Gasteiger partial charge < -0.3 is 5.32 Å². The van der Waals surface area contributed by atoms with E-state index >= 15 is 0 Å². The number of aryl methyl sites for hydroxylation is 1. The third kappa shape index (κ3) is 4.52. The number of rotatable bonds is 7. The second-order valence-electron chi connectivity index (χ2n) is 6.69. The quantitative estimate of drug-likeness (QED) is 0.548. The van der Waals surface area contributed by atoms with Gasteiger partial charge in [0, 0.05) is 11.9 Å². The Morgan fingerprint density at radius 1 is 1.07 bits per heavy atom. The SMILES string of the molecule is CCCCCn1nc2c(C(F)(F)F)cccc2c1NC(=O)Cc1ccccc1. The van der Waals surface area contributed by atoms with Gasteiger partial charge in [-0.2, -0.15) is 18.3 Å². The summed E-state index contributed by atoms with van der Waals surface area (Å²) in [5.74, 6) is 0.0280. The molecule has 1 aromatic heterocycles. The molecule has 1 N–H and O–H groups in total. The zero-order valence-electron chi connectivity index (χ0n) is 15.6. The van der Waals surface area contributed by atoms with Crippen LogP contribution >= 0.6 is 0 Å². The van der Waals surface area contributed by atoms with E-state index in [1.807, 2.05) is 37.3 Å². The van der Waals surface area contributed by atoms with Gasteiger partial charge in [-0.1, -0.05) is 56.2 Å². The highest BCUT2D eigenvalue weighted by atomic mass is 19.4. The van der Waals surface area contributed by atoms with Crippen molar-refractivity contribution in [1.82, 2.24) is 9.78 Å². The van der Waals surface area contributed by atoms with Crippen molar-refractivity contribution in [2.24, 2.45) is 0 Å². The lowest BCUT2D eigenvalue weighted by Gasteiger charge is -2.09. The smallest absolute Gasteiger partial charge is 0.310 e. The predicted octanol–water partition coefficient (Wildman–Crippen LogP) is 5.43. The highest BCUT2D eigenvalue weighted by molar-refractivity contribution is 6.01. The maximum absolute atomic E-state index is 13.4. The normalized spacial score (nSPS) is 11.7. The van der Waals surface area contributed by atoms with Gasteiger partial charge in [0.15, 0.2) is 0 Å². The van der Waals surface area contributed by atoms with Gasteiger partial charge >= 0.3 is 6.18 Å². The standard InChI is InChI=1S/C21H22F3N3O/c1-2-3-7-13-27-20(25-18(28)14-15-9-5-4-6-10-15)16-11-8-12-17(19(16)26-27)21(22,23)24/h4-6,8-12H,2-3,7,13-14H2,1H3,(H,25,28). The predicted molar refractivity (Wildman–Crippen MR) is 103 cm³/mol. The Hall–Kier alpha value is -2.83. The highest BCUT2D eigenvalue weighted by Crippen LogP contribution is 2.36. The van der Waals surface area contributed by atoms with Crippen molar-refractivity contribution in [2.45, 2.75) is 45.3 Å². The number of carbonyl (C=O) groups excluding carboxylic acids is 1. The minimum atomic E-state index is -4.51. The molecular formula is C21H22F3N3O. The molecule has 3 aromatic rings. The Bertz CT molecular complexity index is 949. The molecule has 148 valence electrons. The minimum absolute atomic E-state index is 0.137. The topological polar surface area (TPSA) is 46.9 Å². The average molecular weight is 389 g/mol. The number of hydrogen-bond acceptors (Lipinski definition) is 2. The summed E-state index contributed by atoms with van der Waals surface area (Å²) in [5.41, 5.74) is -0.100. The Labute approximate surface area is 161 Å². The third-order valence-electron chi connectivity index (χ3n) is 4.51. The van der Waals surface area contributed by atoms with Crippen LogP contribution in [0.5, 0.6) is 0 Å². The summed E-state index contributed by atoms with van der Waals surface area (Å²) in [6, 6.07) is 13.1. The summed E-state index contributed by atoms with van der Waals surface area (Å²) < 4.78 is 41.6. The number of halogens is 3. The van der Waals surface area contributed by atoms with Crippen LogP contribution in [0.25, 0.3) is 10.9 Å². The summed E-state index contributed by atoms with van der Waals surface area (Å²) in [6.45, 7) is 2.49. The number of fused-ring (bicyclic) bond motifs is 1. The number of benzene rings is 2. The van der Waals surface area contributed by atoms with Crippen LogP contribution in [0.1, 0.15) is 37.3 Å². The van der Waals surface area contributed by atoms with E-state index in [0.717, 1.165) is 30.9 Å². The number of aromatic nitrogens is 2. The lowest BCUT2D eigenvalue weighted by molar-refractivity contribution is -0.136. The Morgan fingerprint density at radius 3 is 2.50 bits per heavy atom. The zero-order chi connectivity index (χ0) is 20.1. The molecule has 28 heavy (non-hydrogen) atoms. The Kier molecular flexibility index (Phi) is 6.02. The van der Waals surface area contributed by atoms with E-state index in [1.165, 1.54) is 10.7 Å². The first-order valence-corrected chi connectivity index (χ1v) is 9.30. The molecule has 0 aliphatic rings. The van der Waals surface area contributed by atoms with E-state index in [0.29, 0.717) is 17.7 Å². The second-order valence-corrected chi connectivity index (χ2v) is 6.69. The second kappa shape index (κ2) is 8.46. The molecule has 3 rings (SSSR count). The van der Waals surface area contributed by atoms with E-state index < -0.39 is 11.7 Å². The van der Waals surface area contributed by atoms with Gasteiger partial charge in [0.05, 0.1) is 12.0 Å². The van der Waals surface area contributed by atoms with Gasteiger partial charge in [0.25, 0.3) is 0 Å². The fourth-order valence-corrected chi connectivity index (χ4v) is 3.14. The van der Waals surface area contributed by atoms with E-state index in [4.69, 9.17) is 0 Å². The van der Waals surface area contributed by atoms with E-state index in [-0.39, 0.29) is 17.8 Å². The van der Waals surface area contributed by atoms with Crippen molar-refractivity contribution in [1.29, 1.82) is 0 Å². The van der Waals surface area contributed by atoms with E-state index in [9.17, 15) is 18.0 Å². The van der Waals surface area contributed by atoms with Crippen LogP contribution in [0.15, 0.2) is 48.5 Å². The molecule has 7 heteroatoms. The van der Waals surface area contributed by atoms with Crippen LogP contribution in [0.4, 0.5) is 19.0 Å². The molecule has 0 saturated heterocycles. The van der Waals surface area contributed by atoms with Crippen molar-refractivity contribution in [3.05, 3.63) is 59.7 Å². The lowest BCUT2D eigenvalue weighted by atomic mass is 10.1. The van der Waals surface area contributed by atoms with Gasteiger partial charge in [0.1, 0.15) is 11.3 Å². The number of alkyl halides is 3. The number of amides is 1. The summed E-state index contributed by atoms with van der Waals surface area (Å²) in [5, 5.41) is 7.27. The molecule has 1 heterocycles. The summed E-state index contributed by atoms with van der Waals surface area (Å²) in [7, 11) is 0. The van der Waals surface area contributed by atoms with Crippen LogP contribution in [0.3, 0.4) is 0 Å². The third-order valence-corrected chi connectivity index (χ3v) is 4.51. The molecule has 0 atom stereocenters. The molecule has 4 nitrogen and oxygen atoms in total. The average Bonchev–Trinajstić information content (AvgIpc) is 2.99. The monoisotopic (exact) mass is 389 g/mol. The van der Waals surface area contributed by atoms with Crippen molar-refractivity contribution in [3.8, 4) is 0 Å². The highest BCUT2D eigenvalue weighted by Gasteiger charge is 2.34. The van der Waals surface area contributed by atoms with Crippen LogP contribution < -0.4 is 5.32 Å². The zero-order valence-corrected chi connectivity index (χ0v) is 15.6. The molecule has 0 aliphatic carbocycles.